The number of furan rings is 1. The molecule has 3 aromatic rings. The largest absolute Gasteiger partial charge is 0.467 e. The minimum absolute atomic E-state index is 0.201. The van der Waals surface area contributed by atoms with Crippen molar-refractivity contribution in [2.24, 2.45) is 0 Å². The number of benzene rings is 1. The molecule has 0 saturated heterocycles. The van der Waals surface area contributed by atoms with Gasteiger partial charge in [0.05, 0.1) is 24.1 Å². The van der Waals surface area contributed by atoms with E-state index < -0.39 is 18.0 Å². The van der Waals surface area contributed by atoms with Gasteiger partial charge in [-0.05, 0) is 54.5 Å². The van der Waals surface area contributed by atoms with Crippen molar-refractivity contribution in [2.45, 2.75) is 32.0 Å². The molecule has 0 bridgehead atoms. The van der Waals surface area contributed by atoms with E-state index in [2.05, 4.69) is 26.2 Å². The first-order valence-corrected chi connectivity index (χ1v) is 11.0. The third-order valence-corrected chi connectivity index (χ3v) is 5.86. The molecule has 2 aromatic heterocycles. The van der Waals surface area contributed by atoms with Crippen molar-refractivity contribution in [1.82, 2.24) is 30.8 Å². The maximum atomic E-state index is 12.8. The number of ether oxygens (including phenoxy) is 1. The van der Waals surface area contributed by atoms with Gasteiger partial charge in [0.15, 0.2) is 0 Å². The lowest BCUT2D eigenvalue weighted by Gasteiger charge is -2.27. The molecule has 1 aromatic carbocycles. The second kappa shape index (κ2) is 9.27. The molecule has 0 fully saturated rings. The number of para-hydroxylation sites is 1. The van der Waals surface area contributed by atoms with Crippen LogP contribution in [0.15, 0.2) is 57.4 Å². The molecule has 2 amide bonds. The van der Waals surface area contributed by atoms with E-state index in [0.717, 1.165) is 16.8 Å². The van der Waals surface area contributed by atoms with Crippen LogP contribution in [0.2, 0.25) is 0 Å². The van der Waals surface area contributed by atoms with Crippen molar-refractivity contribution in [2.75, 3.05) is 12.4 Å². The number of urea groups is 1. The third-order valence-electron chi connectivity index (χ3n) is 4.91. The summed E-state index contributed by atoms with van der Waals surface area (Å²) in [5, 5.41) is 18.1. The zero-order valence-corrected chi connectivity index (χ0v) is 18.6. The maximum Gasteiger partial charge on any atom is 0.338 e. The molecule has 11 heteroatoms. The Hall–Kier alpha value is -3.60. The number of carbonyl (C=O) groups is 2. The number of rotatable bonds is 7. The van der Waals surface area contributed by atoms with E-state index in [4.69, 9.17) is 9.15 Å². The van der Waals surface area contributed by atoms with Crippen LogP contribution in [0.25, 0.3) is 5.69 Å². The van der Waals surface area contributed by atoms with Crippen molar-refractivity contribution in [3.63, 3.8) is 0 Å². The van der Waals surface area contributed by atoms with E-state index in [1.807, 2.05) is 32.0 Å². The Bertz CT molecular complexity index is 1150. The predicted octanol–water partition coefficient (Wildman–Crippen LogP) is 2.84. The van der Waals surface area contributed by atoms with Crippen LogP contribution >= 0.6 is 11.8 Å². The van der Waals surface area contributed by atoms with Gasteiger partial charge in [-0.15, -0.1) is 5.10 Å². The molecule has 2 N–H and O–H groups in total. The molecule has 0 radical (unpaired) electrons. The Morgan fingerprint density at radius 3 is 2.72 bits per heavy atom. The lowest BCUT2D eigenvalue weighted by molar-refractivity contribution is -0.139. The summed E-state index contributed by atoms with van der Waals surface area (Å²) in [7, 11) is 0. The van der Waals surface area contributed by atoms with E-state index in [0.29, 0.717) is 16.6 Å². The zero-order chi connectivity index (χ0) is 22.7. The molecular weight excluding hydrogens is 432 g/mol. The van der Waals surface area contributed by atoms with E-state index >= 15 is 0 Å². The fourth-order valence-corrected chi connectivity index (χ4v) is 4.38. The van der Waals surface area contributed by atoms with Gasteiger partial charge in [-0.25, -0.2) is 9.59 Å². The van der Waals surface area contributed by atoms with Crippen molar-refractivity contribution < 1.29 is 18.7 Å². The van der Waals surface area contributed by atoms with E-state index in [9.17, 15) is 9.59 Å². The minimum atomic E-state index is -0.761. The average Bonchev–Trinajstić information content (AvgIpc) is 3.44. The number of carbonyl (C=O) groups excluding carboxylic acids is 2. The second-order valence-electron chi connectivity index (χ2n) is 7.06. The molecule has 4 rings (SSSR count). The third kappa shape index (κ3) is 4.24. The molecule has 1 aliphatic rings. The highest BCUT2D eigenvalue weighted by Gasteiger charge is 2.35. The topological polar surface area (TPSA) is 124 Å². The Labute approximate surface area is 188 Å². The second-order valence-corrected chi connectivity index (χ2v) is 8.00. The Kier molecular flexibility index (Phi) is 6.26. The highest BCUT2D eigenvalue weighted by molar-refractivity contribution is 7.99. The van der Waals surface area contributed by atoms with Crippen LogP contribution in [-0.4, -0.2) is 44.6 Å². The molecular formula is C21H22N6O4S. The SMILES string of the molecule is CCOC(=O)C1=C(CSc2nnnn2-c2c(C)cccc2C)NC(=O)N[C@@H]1c1ccco1. The number of tetrazole rings is 1. The van der Waals surface area contributed by atoms with Crippen molar-refractivity contribution in [1.29, 1.82) is 0 Å². The number of amides is 2. The minimum Gasteiger partial charge on any atom is -0.467 e. The number of aryl methyl sites for hydroxylation is 2. The summed E-state index contributed by atoms with van der Waals surface area (Å²) in [6, 6.07) is 8.14. The Morgan fingerprint density at radius 1 is 1.25 bits per heavy atom. The monoisotopic (exact) mass is 454 g/mol. The van der Waals surface area contributed by atoms with Crippen molar-refractivity contribution in [3.05, 3.63) is 64.8 Å². The fraction of sp³-hybridized carbons (Fsp3) is 0.286. The van der Waals surface area contributed by atoms with Crippen molar-refractivity contribution in [3.8, 4) is 5.69 Å². The Balaban J connectivity index is 1.68. The van der Waals surface area contributed by atoms with Gasteiger partial charge in [-0.1, -0.05) is 30.0 Å². The van der Waals surface area contributed by atoms with Crippen LogP contribution in [0.1, 0.15) is 29.9 Å². The number of esters is 1. The number of hydrogen-bond acceptors (Lipinski definition) is 8. The van der Waals surface area contributed by atoms with Crippen LogP contribution in [0, 0.1) is 13.8 Å². The highest BCUT2D eigenvalue weighted by atomic mass is 32.2. The number of nitrogens with zero attached hydrogens (tertiary/aromatic N) is 4. The van der Waals surface area contributed by atoms with Gasteiger partial charge in [-0.2, -0.15) is 4.68 Å². The zero-order valence-electron chi connectivity index (χ0n) is 17.8. The van der Waals surface area contributed by atoms with Crippen LogP contribution in [0.5, 0.6) is 0 Å². The number of hydrogen-bond donors (Lipinski definition) is 2. The quantitative estimate of drug-likeness (QED) is 0.413. The van der Waals surface area contributed by atoms with E-state index in [1.54, 1.807) is 23.7 Å². The molecule has 1 atom stereocenters. The predicted molar refractivity (Wildman–Crippen MR) is 116 cm³/mol. The summed E-state index contributed by atoms with van der Waals surface area (Å²) >= 11 is 1.30. The normalized spacial score (nSPS) is 16.0. The molecule has 0 spiro atoms. The van der Waals surface area contributed by atoms with Gasteiger partial charge in [0.1, 0.15) is 11.8 Å². The highest BCUT2D eigenvalue weighted by Crippen LogP contribution is 2.31. The van der Waals surface area contributed by atoms with Gasteiger partial charge in [0.2, 0.25) is 5.16 Å². The molecule has 0 aliphatic carbocycles. The summed E-state index contributed by atoms with van der Waals surface area (Å²) in [6.45, 7) is 5.90. The molecule has 0 saturated carbocycles. The summed E-state index contributed by atoms with van der Waals surface area (Å²) in [4.78, 5) is 25.1. The fourth-order valence-electron chi connectivity index (χ4n) is 3.54. The summed E-state index contributed by atoms with van der Waals surface area (Å²) in [5.41, 5.74) is 3.63. The van der Waals surface area contributed by atoms with Crippen LogP contribution in [0.3, 0.4) is 0 Å². The lowest BCUT2D eigenvalue weighted by atomic mass is 10.0. The maximum absolute atomic E-state index is 12.8. The average molecular weight is 455 g/mol. The standard InChI is InChI=1S/C21H22N6O4S/c1-4-30-19(28)16-14(22-20(29)23-17(16)15-9-6-10-31-15)11-32-21-24-25-26-27(21)18-12(2)7-5-8-13(18)3/h5-10,17H,4,11H2,1-3H3,(H2,22,23,29)/t17-/m1/s1. The van der Waals surface area contributed by atoms with Crippen LogP contribution in [0.4, 0.5) is 4.79 Å². The van der Waals surface area contributed by atoms with E-state index in [1.165, 1.54) is 18.0 Å². The van der Waals surface area contributed by atoms with Gasteiger partial charge >= 0.3 is 12.0 Å². The molecule has 0 unspecified atom stereocenters. The van der Waals surface area contributed by atoms with Crippen LogP contribution in [-0.2, 0) is 9.53 Å². The first kappa shape index (κ1) is 21.6. The first-order chi connectivity index (χ1) is 15.5. The lowest BCUT2D eigenvalue weighted by Crippen LogP contribution is -2.46. The molecule has 32 heavy (non-hydrogen) atoms. The molecule has 10 nitrogen and oxygen atoms in total. The van der Waals surface area contributed by atoms with Gasteiger partial charge in [0.25, 0.3) is 0 Å². The Morgan fingerprint density at radius 2 is 2.03 bits per heavy atom. The van der Waals surface area contributed by atoms with E-state index in [-0.39, 0.29) is 17.9 Å². The van der Waals surface area contributed by atoms with Gasteiger partial charge in [-0.3, -0.25) is 0 Å². The number of thioether (sulfide) groups is 1. The van der Waals surface area contributed by atoms with Gasteiger partial charge in [0, 0.05) is 11.4 Å². The van der Waals surface area contributed by atoms with Crippen LogP contribution < -0.4 is 10.6 Å². The molecule has 3 heterocycles. The smallest absolute Gasteiger partial charge is 0.338 e. The summed E-state index contributed by atoms with van der Waals surface area (Å²) < 4.78 is 12.4. The molecule has 166 valence electrons. The number of aromatic nitrogens is 4. The van der Waals surface area contributed by atoms with Crippen molar-refractivity contribution >= 4 is 23.8 Å². The van der Waals surface area contributed by atoms with Gasteiger partial charge < -0.3 is 19.8 Å². The molecule has 1 aliphatic heterocycles. The number of nitrogens with one attached hydrogen (secondary N) is 2. The first-order valence-electron chi connectivity index (χ1n) is 9.98. The summed E-state index contributed by atoms with van der Waals surface area (Å²) in [5.74, 6) is 0.140. The summed E-state index contributed by atoms with van der Waals surface area (Å²) in [6.07, 6.45) is 1.49.